The molecular formula is C12H17N3S. The number of nitrogens with two attached hydrogens (primary N) is 1. The molecule has 0 aliphatic carbocycles. The van der Waals surface area contributed by atoms with Crippen LogP contribution in [0, 0.1) is 0 Å². The first kappa shape index (κ1) is 11.5. The van der Waals surface area contributed by atoms with Crippen molar-refractivity contribution in [3.8, 4) is 0 Å². The molecule has 0 radical (unpaired) electrons. The summed E-state index contributed by atoms with van der Waals surface area (Å²) in [6.45, 7) is 2.96. The zero-order valence-corrected chi connectivity index (χ0v) is 10.3. The molecule has 1 heterocycles. The highest BCUT2D eigenvalue weighted by molar-refractivity contribution is 7.99. The molecule has 0 spiro atoms. The van der Waals surface area contributed by atoms with Gasteiger partial charge in [-0.05, 0) is 18.1 Å². The lowest BCUT2D eigenvalue weighted by Crippen LogP contribution is -2.35. The van der Waals surface area contributed by atoms with Gasteiger partial charge in [-0.2, -0.15) is 0 Å². The first-order valence-corrected chi connectivity index (χ1v) is 6.58. The van der Waals surface area contributed by atoms with E-state index in [2.05, 4.69) is 41.6 Å². The molecule has 4 heteroatoms. The number of nitrogens with zero attached hydrogens (tertiary/aromatic N) is 1. The molecule has 3 N–H and O–H groups in total. The fourth-order valence-electron chi connectivity index (χ4n) is 1.88. The van der Waals surface area contributed by atoms with Crippen LogP contribution in [0.4, 0.5) is 0 Å². The van der Waals surface area contributed by atoms with Crippen LogP contribution in [0.3, 0.4) is 0 Å². The Labute approximate surface area is 100 Å². The predicted molar refractivity (Wildman–Crippen MR) is 69.8 cm³/mol. The van der Waals surface area contributed by atoms with E-state index < -0.39 is 0 Å². The monoisotopic (exact) mass is 235 g/mol. The van der Waals surface area contributed by atoms with Gasteiger partial charge >= 0.3 is 0 Å². The summed E-state index contributed by atoms with van der Waals surface area (Å²) in [6, 6.07) is 8.48. The molecule has 3 nitrogen and oxygen atoms in total. The minimum Gasteiger partial charge on any atom is -0.312 e. The van der Waals surface area contributed by atoms with Crippen LogP contribution in [-0.4, -0.2) is 18.1 Å². The van der Waals surface area contributed by atoms with E-state index in [-0.39, 0.29) is 0 Å². The highest BCUT2D eigenvalue weighted by Crippen LogP contribution is 2.39. The van der Waals surface area contributed by atoms with E-state index in [1.165, 1.54) is 10.5 Å². The third kappa shape index (κ3) is 2.23. The van der Waals surface area contributed by atoms with E-state index in [0.717, 1.165) is 24.6 Å². The molecule has 16 heavy (non-hydrogen) atoms. The normalized spacial score (nSPS) is 19.6. The predicted octanol–water partition coefficient (Wildman–Crippen LogP) is 2.15. The number of hydrogen-bond donors (Lipinski definition) is 2. The van der Waals surface area contributed by atoms with Crippen molar-refractivity contribution in [2.75, 3.05) is 12.3 Å². The zero-order valence-electron chi connectivity index (χ0n) is 9.44. The smallest absolute Gasteiger partial charge is 0.119 e. The molecule has 0 fully saturated rings. The van der Waals surface area contributed by atoms with E-state index in [9.17, 15) is 0 Å². The number of benzene rings is 1. The molecule has 1 aromatic carbocycles. The third-order valence-corrected chi connectivity index (χ3v) is 3.87. The third-order valence-electron chi connectivity index (χ3n) is 2.68. The Morgan fingerprint density at radius 1 is 1.56 bits per heavy atom. The SMILES string of the molecule is CCCN=C(NN)C1CSc2ccccc21. The Hall–Kier alpha value is -1.00. The van der Waals surface area contributed by atoms with Gasteiger partial charge in [-0.3, -0.25) is 4.99 Å². The van der Waals surface area contributed by atoms with Crippen molar-refractivity contribution in [2.24, 2.45) is 10.8 Å². The summed E-state index contributed by atoms with van der Waals surface area (Å²) in [6.07, 6.45) is 1.05. The molecule has 0 saturated heterocycles. The lowest BCUT2D eigenvalue weighted by atomic mass is 10.0. The van der Waals surface area contributed by atoms with Gasteiger partial charge in [-0.1, -0.05) is 25.1 Å². The fourth-order valence-corrected chi connectivity index (χ4v) is 3.11. The van der Waals surface area contributed by atoms with Gasteiger partial charge in [0.25, 0.3) is 0 Å². The number of nitrogens with one attached hydrogen (secondary N) is 1. The number of amidine groups is 1. The van der Waals surface area contributed by atoms with E-state index in [0.29, 0.717) is 5.92 Å². The second-order valence-electron chi connectivity index (χ2n) is 3.81. The summed E-state index contributed by atoms with van der Waals surface area (Å²) in [5, 5.41) is 0. The van der Waals surface area contributed by atoms with Crippen molar-refractivity contribution in [3.05, 3.63) is 29.8 Å². The zero-order chi connectivity index (χ0) is 11.4. The summed E-state index contributed by atoms with van der Waals surface area (Å²) >= 11 is 1.88. The molecule has 1 unspecified atom stereocenters. The van der Waals surface area contributed by atoms with Gasteiger partial charge in [-0.25, -0.2) is 5.84 Å². The van der Waals surface area contributed by atoms with Crippen molar-refractivity contribution >= 4 is 17.6 Å². The Kier molecular flexibility index (Phi) is 3.85. The van der Waals surface area contributed by atoms with Crippen molar-refractivity contribution in [2.45, 2.75) is 24.2 Å². The van der Waals surface area contributed by atoms with Crippen LogP contribution in [0.25, 0.3) is 0 Å². The molecule has 2 rings (SSSR count). The largest absolute Gasteiger partial charge is 0.312 e. The fraction of sp³-hybridized carbons (Fsp3) is 0.417. The second-order valence-corrected chi connectivity index (χ2v) is 4.87. The number of fused-ring (bicyclic) bond motifs is 1. The molecule has 86 valence electrons. The Balaban J connectivity index is 2.23. The van der Waals surface area contributed by atoms with Crippen LogP contribution in [0.15, 0.2) is 34.2 Å². The number of hydrogen-bond acceptors (Lipinski definition) is 3. The van der Waals surface area contributed by atoms with Gasteiger partial charge in [0.05, 0.1) is 5.92 Å². The van der Waals surface area contributed by atoms with Gasteiger partial charge in [0.2, 0.25) is 0 Å². The van der Waals surface area contributed by atoms with Crippen molar-refractivity contribution in [1.29, 1.82) is 0 Å². The van der Waals surface area contributed by atoms with Gasteiger partial charge in [0.1, 0.15) is 5.84 Å². The van der Waals surface area contributed by atoms with E-state index in [1.54, 1.807) is 0 Å². The van der Waals surface area contributed by atoms with Crippen molar-refractivity contribution in [3.63, 3.8) is 0 Å². The van der Waals surface area contributed by atoms with E-state index in [4.69, 9.17) is 5.84 Å². The van der Waals surface area contributed by atoms with Gasteiger partial charge in [0, 0.05) is 17.2 Å². The first-order valence-electron chi connectivity index (χ1n) is 5.59. The molecule has 1 atom stereocenters. The van der Waals surface area contributed by atoms with Gasteiger partial charge in [0.15, 0.2) is 0 Å². The number of aliphatic imine (C=N–C) groups is 1. The van der Waals surface area contributed by atoms with Crippen LogP contribution in [0.1, 0.15) is 24.8 Å². The Morgan fingerprint density at radius 2 is 2.38 bits per heavy atom. The van der Waals surface area contributed by atoms with Crippen molar-refractivity contribution in [1.82, 2.24) is 5.43 Å². The Morgan fingerprint density at radius 3 is 3.12 bits per heavy atom. The van der Waals surface area contributed by atoms with Gasteiger partial charge in [-0.15, -0.1) is 11.8 Å². The highest BCUT2D eigenvalue weighted by Gasteiger charge is 2.26. The van der Waals surface area contributed by atoms with Crippen LogP contribution in [0.2, 0.25) is 0 Å². The number of thioether (sulfide) groups is 1. The van der Waals surface area contributed by atoms with E-state index >= 15 is 0 Å². The minimum atomic E-state index is 0.331. The molecule has 1 aromatic rings. The summed E-state index contributed by atoms with van der Waals surface area (Å²) in [5.41, 5.74) is 4.10. The minimum absolute atomic E-state index is 0.331. The average molecular weight is 235 g/mol. The molecule has 0 amide bonds. The lowest BCUT2D eigenvalue weighted by molar-refractivity contribution is 0.856. The highest BCUT2D eigenvalue weighted by atomic mass is 32.2. The summed E-state index contributed by atoms with van der Waals surface area (Å²) in [4.78, 5) is 5.86. The topological polar surface area (TPSA) is 50.4 Å². The quantitative estimate of drug-likeness (QED) is 0.365. The van der Waals surface area contributed by atoms with Gasteiger partial charge < -0.3 is 5.43 Å². The maximum absolute atomic E-state index is 5.56. The molecule has 1 aliphatic heterocycles. The van der Waals surface area contributed by atoms with Crippen LogP contribution >= 0.6 is 11.8 Å². The van der Waals surface area contributed by atoms with Crippen LogP contribution in [-0.2, 0) is 0 Å². The van der Waals surface area contributed by atoms with Crippen molar-refractivity contribution < 1.29 is 0 Å². The van der Waals surface area contributed by atoms with E-state index in [1.807, 2.05) is 11.8 Å². The molecule has 0 aromatic heterocycles. The van der Waals surface area contributed by atoms with Crippen LogP contribution in [0.5, 0.6) is 0 Å². The standard InChI is InChI=1S/C12H17N3S/c1-2-7-14-12(15-13)10-8-16-11-6-4-3-5-9(10)11/h3-6,10H,2,7-8,13H2,1H3,(H,14,15). The Bertz CT molecular complexity index is 390. The molecular weight excluding hydrogens is 218 g/mol. The second kappa shape index (κ2) is 5.37. The first-order chi connectivity index (χ1) is 7.86. The number of rotatable bonds is 3. The van der Waals surface area contributed by atoms with Crippen LogP contribution < -0.4 is 11.3 Å². The molecule has 0 saturated carbocycles. The summed E-state index contributed by atoms with van der Waals surface area (Å²) < 4.78 is 0. The average Bonchev–Trinajstić information content (AvgIpc) is 2.75. The summed E-state index contributed by atoms with van der Waals surface area (Å²) in [5.74, 6) is 7.84. The lowest BCUT2D eigenvalue weighted by Gasteiger charge is -2.13. The maximum Gasteiger partial charge on any atom is 0.119 e. The molecule has 1 aliphatic rings. The molecule has 0 bridgehead atoms. The maximum atomic E-state index is 5.56. The number of hydrazine groups is 1. The summed E-state index contributed by atoms with van der Waals surface area (Å²) in [7, 11) is 0.